The van der Waals surface area contributed by atoms with Gasteiger partial charge in [0.15, 0.2) is 23.5 Å². The monoisotopic (exact) mass is 1200 g/mol. The molecule has 0 saturated carbocycles. The number of aliphatic hydroxyl groups excluding tert-OH is 2. The Morgan fingerprint density at radius 3 is 2.03 bits per heavy atom. The summed E-state index contributed by atoms with van der Waals surface area (Å²) in [7, 11) is -3.98. The smallest absolute Gasteiger partial charge is 0.349 e. The number of aromatic amines is 1. The average Bonchev–Trinajstić information content (AvgIpc) is 4.34. The maximum Gasteiger partial charge on any atom is 0.349 e. The molecular formula is C58H67BrCl2N6O9Si2. The molecule has 0 aliphatic carbocycles. The molecule has 3 fully saturated rings. The minimum atomic E-state index is -2.72. The van der Waals surface area contributed by atoms with Gasteiger partial charge in [-0.15, -0.1) is 0 Å². The number of H-pyrrole nitrogens is 1. The van der Waals surface area contributed by atoms with Gasteiger partial charge in [0.25, 0.3) is 6.01 Å². The van der Waals surface area contributed by atoms with Crippen LogP contribution in [0.5, 0.6) is 12.0 Å². The molecule has 20 heteroatoms. The lowest BCUT2D eigenvalue weighted by Gasteiger charge is -2.53. The average molecular weight is 1200 g/mol. The predicted molar refractivity (Wildman–Crippen MR) is 314 cm³/mol. The summed E-state index contributed by atoms with van der Waals surface area (Å²) in [6.45, 7) is 22.0. The third-order valence-corrected chi connectivity index (χ3v) is 22.4. The van der Waals surface area contributed by atoms with Crippen LogP contribution in [-0.2, 0) is 29.8 Å². The van der Waals surface area contributed by atoms with Gasteiger partial charge in [-0.1, -0.05) is 173 Å². The van der Waals surface area contributed by atoms with E-state index in [9.17, 15) is 10.2 Å². The number of rotatable bonds is 13. The van der Waals surface area contributed by atoms with Crippen LogP contribution in [0.4, 0.5) is 0 Å². The van der Waals surface area contributed by atoms with E-state index in [0.717, 1.165) is 38.3 Å². The first-order chi connectivity index (χ1) is 37.1. The first-order valence-electron chi connectivity index (χ1n) is 26.3. The molecule has 6 atom stereocenters. The first-order valence-corrected chi connectivity index (χ1v) is 33.4. The van der Waals surface area contributed by atoms with Crippen molar-refractivity contribution in [2.24, 2.45) is 0 Å². The largest absolute Gasteiger partial charge is 0.456 e. The van der Waals surface area contributed by atoms with Crippen molar-refractivity contribution in [3.63, 3.8) is 0 Å². The molecule has 4 aromatic carbocycles. The topological polar surface area (TPSA) is 177 Å². The Balaban J connectivity index is 0.000000180. The fraction of sp³-hybridized carbons (Fsp3) is 0.414. The van der Waals surface area contributed by atoms with Gasteiger partial charge in [-0.2, -0.15) is 9.97 Å². The number of aromatic nitrogens is 6. The molecular weight excluding hydrogens is 1130 g/mol. The highest BCUT2D eigenvalue weighted by atomic mass is 79.9. The number of halogens is 3. The quantitative estimate of drug-likeness (QED) is 0.0735. The summed E-state index contributed by atoms with van der Waals surface area (Å²) >= 11 is 16.9. The van der Waals surface area contributed by atoms with Gasteiger partial charge >= 0.3 is 14.6 Å². The number of nitrogens with zero attached hydrogens (tertiary/aromatic N) is 5. The Morgan fingerprint density at radius 2 is 1.36 bits per heavy atom. The fourth-order valence-corrected chi connectivity index (χ4v) is 17.0. The maximum absolute atomic E-state index is 10.2. The van der Waals surface area contributed by atoms with Crippen molar-refractivity contribution in [3.8, 4) is 45.7 Å². The van der Waals surface area contributed by atoms with Crippen LogP contribution in [0.1, 0.15) is 41.5 Å². The standard InChI is InChI=1S/C31H45BrClN3O5Si2.C27H22ClN3O4/c1-30(2,3)43(31(4,5)6)39-18-24-27(41-43)25(17-38-24)40-29-35-28-23(36(29)19-37-14-15-42(7,8)9)16-22(33)26(34-28)20-10-12-21(32)13-11-20;28-20-12-21-26(31-27(29-21)35-23-14-34-22(13-32)25(23)33)30-24(20)17-8-5-16(6-9-17)19-10-7-15-3-1-2-4-18(15)11-19/h10-13,16,24-25,27H,14-15,17-19H2,1-9H3;1-12,22-23,25,32-33H,13-14H2,(H,29,30,31)/t24-,25-,27-;22-,23-,25-/m11/s1. The summed E-state index contributed by atoms with van der Waals surface area (Å²) in [4.78, 5) is 21.8. The molecule has 78 heavy (non-hydrogen) atoms. The van der Waals surface area contributed by atoms with Gasteiger partial charge in [0.05, 0.1) is 58.9 Å². The summed E-state index contributed by atoms with van der Waals surface area (Å²) in [5, 5.41) is 22.6. The minimum absolute atomic E-state index is 0.148. The number of ether oxygens (including phenoxy) is 5. The molecule has 3 aliphatic heterocycles. The van der Waals surface area contributed by atoms with Crippen molar-refractivity contribution in [1.82, 2.24) is 29.5 Å². The molecule has 3 N–H and O–H groups in total. The summed E-state index contributed by atoms with van der Waals surface area (Å²) in [6.07, 6.45) is -3.06. The molecule has 11 rings (SSSR count). The minimum Gasteiger partial charge on any atom is -0.456 e. The molecule has 4 aromatic heterocycles. The van der Waals surface area contributed by atoms with E-state index in [0.29, 0.717) is 64.1 Å². The molecule has 0 spiro atoms. The molecule has 0 amide bonds. The van der Waals surface area contributed by atoms with Crippen LogP contribution in [0.2, 0.25) is 45.8 Å². The number of aliphatic hydroxyl groups is 2. The molecule has 3 saturated heterocycles. The Kier molecular flexibility index (Phi) is 16.4. The van der Waals surface area contributed by atoms with Gasteiger partial charge in [0, 0.05) is 40.4 Å². The van der Waals surface area contributed by atoms with Crippen LogP contribution >= 0.6 is 39.1 Å². The highest BCUT2D eigenvalue weighted by Gasteiger charge is 2.64. The van der Waals surface area contributed by atoms with Crippen LogP contribution in [0, 0.1) is 0 Å². The van der Waals surface area contributed by atoms with E-state index >= 15 is 0 Å². The van der Waals surface area contributed by atoms with E-state index in [-0.39, 0.29) is 54.3 Å². The number of hydrogen-bond donors (Lipinski definition) is 3. The molecule has 412 valence electrons. The van der Waals surface area contributed by atoms with E-state index in [1.54, 1.807) is 6.07 Å². The SMILES string of the molecule is CC(C)(C)[Si]1(C(C)(C)C)OC[C@H]2OC[C@@H](Oc3nc4nc(-c5ccc(Br)cc5)c(Cl)cc4n3COCC[Si](C)(C)C)[C@@H]2O1.OC[C@H]1OC[C@@H](Oc2nc3nc(-c4ccc(-c5ccc6ccccc6c5)cc4)c(Cl)cc3[nH]2)[C@@H]1O. The van der Waals surface area contributed by atoms with Crippen molar-refractivity contribution in [1.29, 1.82) is 0 Å². The maximum atomic E-state index is 10.2. The van der Waals surface area contributed by atoms with Gasteiger partial charge in [0.1, 0.15) is 31.1 Å². The van der Waals surface area contributed by atoms with Gasteiger partial charge in [-0.3, -0.25) is 4.57 Å². The molecule has 0 unspecified atom stereocenters. The Bertz CT molecular complexity index is 3410. The molecule has 8 aromatic rings. The normalized spacial score (nSPS) is 21.5. The lowest BCUT2D eigenvalue weighted by Crippen LogP contribution is -2.65. The molecule has 7 heterocycles. The number of benzene rings is 4. The van der Waals surface area contributed by atoms with E-state index in [1.807, 2.05) is 59.2 Å². The van der Waals surface area contributed by atoms with E-state index in [4.69, 9.17) is 65.7 Å². The van der Waals surface area contributed by atoms with Crippen LogP contribution in [0.3, 0.4) is 0 Å². The van der Waals surface area contributed by atoms with Crippen LogP contribution in [0.15, 0.2) is 108 Å². The van der Waals surface area contributed by atoms with Gasteiger partial charge < -0.3 is 47.7 Å². The highest BCUT2D eigenvalue weighted by Crippen LogP contribution is 2.55. The van der Waals surface area contributed by atoms with Gasteiger partial charge in [0.2, 0.25) is 0 Å². The van der Waals surface area contributed by atoms with Crippen LogP contribution < -0.4 is 9.47 Å². The third kappa shape index (κ3) is 11.8. The lowest BCUT2D eigenvalue weighted by atomic mass is 9.99. The predicted octanol–water partition coefficient (Wildman–Crippen LogP) is 13.0. The van der Waals surface area contributed by atoms with Crippen LogP contribution in [0.25, 0.3) is 66.7 Å². The number of imidazole rings is 2. The number of hydrogen-bond acceptors (Lipinski definition) is 13. The lowest BCUT2D eigenvalue weighted by molar-refractivity contribution is -0.0660. The molecule has 3 aliphatic rings. The second kappa shape index (κ2) is 22.6. The number of nitrogens with one attached hydrogen (secondary N) is 1. The zero-order chi connectivity index (χ0) is 55.3. The zero-order valence-electron chi connectivity index (χ0n) is 45.4. The van der Waals surface area contributed by atoms with E-state index < -0.39 is 34.9 Å². The van der Waals surface area contributed by atoms with Crippen molar-refractivity contribution in [2.45, 2.75) is 121 Å². The van der Waals surface area contributed by atoms with Gasteiger partial charge in [-0.25, -0.2) is 9.97 Å². The summed E-state index contributed by atoms with van der Waals surface area (Å²) in [6, 6.07) is 36.1. The fourth-order valence-electron chi connectivity index (χ4n) is 10.5. The summed E-state index contributed by atoms with van der Waals surface area (Å²) < 4.78 is 46.7. The zero-order valence-corrected chi connectivity index (χ0v) is 50.4. The second-order valence-corrected chi connectivity index (χ2v) is 35.6. The van der Waals surface area contributed by atoms with Crippen LogP contribution in [-0.4, -0.2) is 126 Å². The summed E-state index contributed by atoms with van der Waals surface area (Å²) in [5.74, 6) is 0. The first kappa shape index (κ1) is 56.5. The molecule has 0 radical (unpaired) electrons. The van der Waals surface area contributed by atoms with Crippen molar-refractivity contribution in [3.05, 3.63) is 118 Å². The number of pyridine rings is 2. The van der Waals surface area contributed by atoms with Gasteiger partial charge in [-0.05, 0) is 58.3 Å². The second-order valence-electron chi connectivity index (χ2n) is 23.4. The number of fused-ring (bicyclic) bond motifs is 4. The van der Waals surface area contributed by atoms with E-state index in [1.165, 1.54) is 10.8 Å². The van der Waals surface area contributed by atoms with E-state index in [2.05, 4.69) is 135 Å². The molecule has 15 nitrogen and oxygen atoms in total. The Labute approximate surface area is 475 Å². The third-order valence-electron chi connectivity index (χ3n) is 14.5. The van der Waals surface area contributed by atoms with Crippen molar-refractivity contribution >= 4 is 88.9 Å². The molecule has 0 bridgehead atoms. The van der Waals surface area contributed by atoms with Crippen molar-refractivity contribution in [2.75, 3.05) is 33.0 Å². The Morgan fingerprint density at radius 1 is 0.731 bits per heavy atom. The highest BCUT2D eigenvalue weighted by molar-refractivity contribution is 9.10. The van der Waals surface area contributed by atoms with Crippen molar-refractivity contribution < 1.29 is 42.7 Å². The Hall–Kier alpha value is -4.81. The summed E-state index contributed by atoms with van der Waals surface area (Å²) in [5.41, 5.74) is 7.68.